The van der Waals surface area contributed by atoms with Crippen LogP contribution in [0.25, 0.3) is 0 Å². The lowest BCUT2D eigenvalue weighted by molar-refractivity contribution is -0.155. The van der Waals surface area contributed by atoms with Crippen molar-refractivity contribution in [3.63, 3.8) is 0 Å². The topological polar surface area (TPSA) is 105 Å². The third kappa shape index (κ3) is 3.60. The molecule has 0 aromatic heterocycles. The molecule has 3 heterocycles. The molecule has 7 atom stereocenters. The fraction of sp³-hybridized carbons (Fsp3) is 0.864. The summed E-state index contributed by atoms with van der Waals surface area (Å²) in [6, 6.07) is -1.29. The number of likely N-dealkylation sites (tertiary alicyclic amines) is 1. The van der Waals surface area contributed by atoms with Crippen molar-refractivity contribution < 1.29 is 29.0 Å². The molecule has 4 fully saturated rings. The van der Waals surface area contributed by atoms with Gasteiger partial charge in [0.25, 0.3) is 0 Å². The molecule has 2 N–H and O–H groups in total. The maximum Gasteiger partial charge on any atom is 0.312 e. The van der Waals surface area contributed by atoms with E-state index in [4.69, 9.17) is 9.47 Å². The lowest BCUT2D eigenvalue weighted by Crippen LogP contribution is -2.59. The van der Waals surface area contributed by atoms with Crippen LogP contribution in [0.2, 0.25) is 0 Å². The van der Waals surface area contributed by atoms with Crippen molar-refractivity contribution in [1.29, 1.82) is 0 Å². The molecule has 4 aliphatic rings. The van der Waals surface area contributed by atoms with Gasteiger partial charge in [-0.3, -0.25) is 14.4 Å². The lowest BCUT2D eigenvalue weighted by atomic mass is 9.70. The van der Waals surface area contributed by atoms with Crippen LogP contribution < -0.4 is 5.32 Å². The SMILES string of the molecule is CCOC(=O)[C@H]1[C@@H]2OC3(CC2Br)C(C(=O)NC2CCCCC2)N([C@@H](CC)CO)C(=O)[C@H]13. The first-order valence-corrected chi connectivity index (χ1v) is 12.5. The Morgan fingerprint density at radius 1 is 1.32 bits per heavy atom. The minimum Gasteiger partial charge on any atom is -0.466 e. The first-order chi connectivity index (χ1) is 14.9. The smallest absolute Gasteiger partial charge is 0.312 e. The van der Waals surface area contributed by atoms with Gasteiger partial charge in [0.05, 0.1) is 37.2 Å². The van der Waals surface area contributed by atoms with Gasteiger partial charge in [-0.15, -0.1) is 0 Å². The second-order valence-corrected chi connectivity index (χ2v) is 10.4. The highest BCUT2D eigenvalue weighted by atomic mass is 79.9. The number of rotatable bonds is 7. The van der Waals surface area contributed by atoms with E-state index in [-0.39, 0.29) is 35.9 Å². The molecule has 3 unspecified atom stereocenters. The number of esters is 1. The van der Waals surface area contributed by atoms with Crippen LogP contribution in [0.15, 0.2) is 0 Å². The van der Waals surface area contributed by atoms with E-state index in [1.54, 1.807) is 6.92 Å². The second kappa shape index (κ2) is 8.98. The van der Waals surface area contributed by atoms with Crippen molar-refractivity contribution in [3.8, 4) is 0 Å². The average molecular weight is 501 g/mol. The molecule has 4 rings (SSSR count). The van der Waals surface area contributed by atoms with Crippen LogP contribution in [0.4, 0.5) is 0 Å². The third-order valence-electron chi connectivity index (χ3n) is 7.56. The molecular formula is C22H33BrN2O6. The molecule has 3 aliphatic heterocycles. The van der Waals surface area contributed by atoms with Gasteiger partial charge in [0.15, 0.2) is 0 Å². The molecule has 0 aromatic rings. The quantitative estimate of drug-likeness (QED) is 0.405. The van der Waals surface area contributed by atoms with E-state index < -0.39 is 41.6 Å². The molecule has 1 aliphatic carbocycles. The second-order valence-electron chi connectivity index (χ2n) is 9.25. The number of amides is 2. The Labute approximate surface area is 191 Å². The van der Waals surface area contributed by atoms with E-state index in [9.17, 15) is 19.5 Å². The van der Waals surface area contributed by atoms with Crippen LogP contribution in [0.1, 0.15) is 58.8 Å². The number of ether oxygens (including phenoxy) is 2. The highest BCUT2D eigenvalue weighted by molar-refractivity contribution is 9.09. The normalized spacial score (nSPS) is 38.3. The van der Waals surface area contributed by atoms with Crippen molar-refractivity contribution in [2.24, 2.45) is 11.8 Å². The number of carbonyl (C=O) groups excluding carboxylic acids is 3. The van der Waals surface area contributed by atoms with Crippen molar-refractivity contribution >= 4 is 33.7 Å². The summed E-state index contributed by atoms with van der Waals surface area (Å²) in [6.45, 7) is 3.58. The monoisotopic (exact) mass is 500 g/mol. The van der Waals surface area contributed by atoms with Gasteiger partial charge < -0.3 is 24.8 Å². The Morgan fingerprint density at radius 3 is 2.65 bits per heavy atom. The minimum absolute atomic E-state index is 0.0853. The highest BCUT2D eigenvalue weighted by Gasteiger charge is 2.77. The predicted molar refractivity (Wildman–Crippen MR) is 115 cm³/mol. The first-order valence-electron chi connectivity index (χ1n) is 11.6. The molecule has 0 aromatic carbocycles. The van der Waals surface area contributed by atoms with E-state index in [0.717, 1.165) is 25.7 Å². The van der Waals surface area contributed by atoms with Gasteiger partial charge >= 0.3 is 5.97 Å². The van der Waals surface area contributed by atoms with Gasteiger partial charge in [-0.25, -0.2) is 0 Å². The Kier molecular flexibility index (Phi) is 6.66. The molecule has 174 valence electrons. The molecule has 9 heteroatoms. The van der Waals surface area contributed by atoms with Crippen LogP contribution in [0, 0.1) is 11.8 Å². The van der Waals surface area contributed by atoms with E-state index in [0.29, 0.717) is 12.8 Å². The third-order valence-corrected chi connectivity index (χ3v) is 8.41. The molecule has 0 radical (unpaired) electrons. The molecular weight excluding hydrogens is 468 g/mol. The van der Waals surface area contributed by atoms with Crippen molar-refractivity contribution in [1.82, 2.24) is 10.2 Å². The zero-order valence-corrected chi connectivity index (χ0v) is 19.8. The zero-order chi connectivity index (χ0) is 22.3. The van der Waals surface area contributed by atoms with Crippen LogP contribution >= 0.6 is 15.9 Å². The van der Waals surface area contributed by atoms with Crippen LogP contribution in [0.5, 0.6) is 0 Å². The summed E-state index contributed by atoms with van der Waals surface area (Å²) in [4.78, 5) is 41.5. The number of carbonyl (C=O) groups is 3. The van der Waals surface area contributed by atoms with Crippen LogP contribution in [-0.2, 0) is 23.9 Å². The number of hydrogen-bond donors (Lipinski definition) is 2. The number of hydrogen-bond acceptors (Lipinski definition) is 6. The van der Waals surface area contributed by atoms with E-state index in [1.165, 1.54) is 11.3 Å². The van der Waals surface area contributed by atoms with Gasteiger partial charge in [0.2, 0.25) is 11.8 Å². The number of aliphatic hydroxyl groups is 1. The van der Waals surface area contributed by atoms with Crippen molar-refractivity contribution in [2.75, 3.05) is 13.2 Å². The van der Waals surface area contributed by atoms with E-state index in [1.807, 2.05) is 6.92 Å². The molecule has 2 amide bonds. The number of nitrogens with zero attached hydrogens (tertiary/aromatic N) is 1. The fourth-order valence-electron chi connectivity index (χ4n) is 6.21. The maximum atomic E-state index is 13.7. The van der Waals surface area contributed by atoms with E-state index in [2.05, 4.69) is 21.2 Å². The zero-order valence-electron chi connectivity index (χ0n) is 18.2. The maximum absolute atomic E-state index is 13.7. The Morgan fingerprint density at radius 2 is 2.03 bits per heavy atom. The van der Waals surface area contributed by atoms with Gasteiger partial charge in [-0.1, -0.05) is 42.1 Å². The van der Waals surface area contributed by atoms with Gasteiger partial charge in [0, 0.05) is 10.9 Å². The van der Waals surface area contributed by atoms with Crippen molar-refractivity contribution in [2.45, 2.75) is 93.5 Å². The summed E-state index contributed by atoms with van der Waals surface area (Å²) < 4.78 is 11.7. The summed E-state index contributed by atoms with van der Waals surface area (Å²) in [5.41, 5.74) is -1.09. The number of fused-ring (bicyclic) bond motifs is 1. The number of halogens is 1. The highest BCUT2D eigenvalue weighted by Crippen LogP contribution is 2.60. The minimum atomic E-state index is -1.09. The summed E-state index contributed by atoms with van der Waals surface area (Å²) in [5.74, 6) is -2.50. The van der Waals surface area contributed by atoms with Gasteiger partial charge in [-0.05, 0) is 32.6 Å². The molecule has 1 saturated carbocycles. The average Bonchev–Trinajstić information content (AvgIpc) is 3.34. The number of nitrogens with one attached hydrogen (secondary N) is 1. The first kappa shape index (κ1) is 23.0. The number of alkyl halides is 1. The molecule has 1 spiro atoms. The lowest BCUT2D eigenvalue weighted by Gasteiger charge is -2.37. The molecule has 2 bridgehead atoms. The number of aliphatic hydroxyl groups excluding tert-OH is 1. The predicted octanol–water partition coefficient (Wildman–Crippen LogP) is 1.52. The molecule has 3 saturated heterocycles. The summed E-state index contributed by atoms with van der Waals surface area (Å²) in [7, 11) is 0. The Bertz CT molecular complexity index is 725. The van der Waals surface area contributed by atoms with Gasteiger partial charge in [0.1, 0.15) is 11.6 Å². The standard InChI is InChI=1S/C22H33BrN2O6/c1-3-13(11-26)25-18(19(27)24-12-8-6-5-7-9-12)22-10-14(23)17(31-22)15(16(22)20(25)28)21(29)30-4-2/h12-18,26H,3-11H2,1-2H3,(H,24,27)/t13-,14?,15+,16-,17+,18?,22?/m0/s1. The van der Waals surface area contributed by atoms with E-state index >= 15 is 0 Å². The summed E-state index contributed by atoms with van der Waals surface area (Å²) in [6.07, 6.45) is 5.64. The van der Waals surface area contributed by atoms with Gasteiger partial charge in [-0.2, -0.15) is 0 Å². The Hall–Kier alpha value is -1.19. The summed E-state index contributed by atoms with van der Waals surface area (Å²) in [5, 5.41) is 13.2. The Balaban J connectivity index is 1.71. The van der Waals surface area contributed by atoms with Crippen LogP contribution in [-0.4, -0.2) is 75.7 Å². The largest absolute Gasteiger partial charge is 0.466 e. The molecule has 31 heavy (non-hydrogen) atoms. The van der Waals surface area contributed by atoms with Crippen LogP contribution in [0.3, 0.4) is 0 Å². The summed E-state index contributed by atoms with van der Waals surface area (Å²) >= 11 is 3.63. The molecule has 8 nitrogen and oxygen atoms in total. The fourth-order valence-corrected chi connectivity index (χ4v) is 7.15. The van der Waals surface area contributed by atoms with Crippen molar-refractivity contribution in [3.05, 3.63) is 0 Å².